The van der Waals surface area contributed by atoms with Gasteiger partial charge in [0, 0.05) is 39.3 Å². The van der Waals surface area contributed by atoms with Crippen LogP contribution in [0, 0.1) is 0 Å². The van der Waals surface area contributed by atoms with E-state index in [4.69, 9.17) is 10.5 Å². The number of ether oxygens (including phenoxy) is 1. The first-order valence-electron chi connectivity index (χ1n) is 7.31. The van der Waals surface area contributed by atoms with Crippen molar-refractivity contribution in [3.8, 4) is 0 Å². The highest BCUT2D eigenvalue weighted by Gasteiger charge is 2.41. The highest BCUT2D eigenvalue weighted by molar-refractivity contribution is 5.86. The van der Waals surface area contributed by atoms with E-state index >= 15 is 0 Å². The molecule has 0 aromatic carbocycles. The maximum absolute atomic E-state index is 12.4. The predicted molar refractivity (Wildman–Crippen MR) is 78.6 cm³/mol. The third-order valence-electron chi connectivity index (χ3n) is 3.95. The van der Waals surface area contributed by atoms with Crippen molar-refractivity contribution in [2.45, 2.75) is 12.0 Å². The summed E-state index contributed by atoms with van der Waals surface area (Å²) in [6.45, 7) is 7.82. The van der Waals surface area contributed by atoms with Crippen LogP contribution < -0.4 is 11.1 Å². The Morgan fingerprint density at radius 1 is 1.33 bits per heavy atom. The molecule has 2 aliphatic heterocycles. The average molecular weight is 296 g/mol. The number of nitrogens with one attached hydrogen (secondary N) is 1. The van der Waals surface area contributed by atoms with Crippen molar-refractivity contribution in [2.24, 2.45) is 5.73 Å². The Hall–Kier alpha value is -1.44. The van der Waals surface area contributed by atoms with Gasteiger partial charge in [0.05, 0.1) is 13.2 Å². The minimum Gasteiger partial charge on any atom is -0.379 e. The summed E-state index contributed by atoms with van der Waals surface area (Å²) < 4.78 is 5.24. The molecule has 0 aromatic heterocycles. The van der Waals surface area contributed by atoms with Crippen molar-refractivity contribution < 1.29 is 14.3 Å². The van der Waals surface area contributed by atoms with Crippen LogP contribution in [0.1, 0.15) is 6.42 Å². The molecule has 21 heavy (non-hydrogen) atoms. The normalized spacial score (nSPS) is 26.6. The Kier molecular flexibility index (Phi) is 5.33. The molecule has 2 fully saturated rings. The molecule has 3 N–H and O–H groups in total. The molecule has 118 valence electrons. The second-order valence-electron chi connectivity index (χ2n) is 5.62. The van der Waals surface area contributed by atoms with E-state index < -0.39 is 5.54 Å². The van der Waals surface area contributed by atoms with Gasteiger partial charge in [-0.05, 0) is 6.42 Å². The number of nitrogens with zero attached hydrogens (tertiary/aromatic N) is 2. The Morgan fingerprint density at radius 3 is 2.62 bits per heavy atom. The van der Waals surface area contributed by atoms with Crippen LogP contribution in [0.25, 0.3) is 0 Å². The standard InChI is InChI=1S/C14H24N4O3/c1-2-4-16-12(19)10-17-5-7-18(8-6-17)13(20)14(15)3-9-21-11-14/h2H,1,3-11,15H2,(H,16,19). The Morgan fingerprint density at radius 2 is 2.05 bits per heavy atom. The van der Waals surface area contributed by atoms with E-state index in [0.29, 0.717) is 58.9 Å². The number of amides is 2. The first-order valence-corrected chi connectivity index (χ1v) is 7.31. The van der Waals surface area contributed by atoms with Gasteiger partial charge in [-0.25, -0.2) is 0 Å². The molecular formula is C14H24N4O3. The van der Waals surface area contributed by atoms with E-state index in [0.717, 1.165) is 0 Å². The fourth-order valence-electron chi connectivity index (χ4n) is 2.62. The number of piperazine rings is 1. The molecule has 0 saturated carbocycles. The minimum atomic E-state index is -0.858. The summed E-state index contributed by atoms with van der Waals surface area (Å²) in [5, 5.41) is 2.75. The molecule has 2 heterocycles. The number of nitrogens with two attached hydrogens (primary N) is 1. The molecule has 2 rings (SSSR count). The summed E-state index contributed by atoms with van der Waals surface area (Å²) in [7, 11) is 0. The molecular weight excluding hydrogens is 272 g/mol. The molecule has 0 radical (unpaired) electrons. The van der Waals surface area contributed by atoms with E-state index in [1.54, 1.807) is 11.0 Å². The van der Waals surface area contributed by atoms with Gasteiger partial charge in [-0.1, -0.05) is 6.08 Å². The maximum Gasteiger partial charge on any atom is 0.245 e. The molecule has 0 aliphatic carbocycles. The minimum absolute atomic E-state index is 0.0193. The van der Waals surface area contributed by atoms with Gasteiger partial charge in [0.2, 0.25) is 11.8 Å². The van der Waals surface area contributed by atoms with Gasteiger partial charge in [-0.2, -0.15) is 0 Å². The monoisotopic (exact) mass is 296 g/mol. The predicted octanol–water partition coefficient (Wildman–Crippen LogP) is -1.45. The van der Waals surface area contributed by atoms with Crippen molar-refractivity contribution in [2.75, 3.05) is 52.5 Å². The van der Waals surface area contributed by atoms with E-state index in [1.165, 1.54) is 0 Å². The molecule has 0 spiro atoms. The van der Waals surface area contributed by atoms with Crippen LogP contribution >= 0.6 is 0 Å². The summed E-state index contributed by atoms with van der Waals surface area (Å²) in [5.41, 5.74) is 5.24. The molecule has 0 bridgehead atoms. The second-order valence-corrected chi connectivity index (χ2v) is 5.62. The van der Waals surface area contributed by atoms with Crippen LogP contribution in [0.5, 0.6) is 0 Å². The van der Waals surface area contributed by atoms with E-state index in [2.05, 4.69) is 11.9 Å². The van der Waals surface area contributed by atoms with Gasteiger partial charge in [0.15, 0.2) is 0 Å². The lowest BCUT2D eigenvalue weighted by atomic mass is 9.98. The SMILES string of the molecule is C=CCNC(=O)CN1CCN(C(=O)C2(N)CCOC2)CC1. The highest BCUT2D eigenvalue weighted by atomic mass is 16.5. The van der Waals surface area contributed by atoms with Crippen LogP contribution in [0.3, 0.4) is 0 Å². The largest absolute Gasteiger partial charge is 0.379 e. The van der Waals surface area contributed by atoms with Crippen molar-refractivity contribution in [1.29, 1.82) is 0 Å². The lowest BCUT2D eigenvalue weighted by molar-refractivity contribution is -0.139. The van der Waals surface area contributed by atoms with E-state index in [1.807, 2.05) is 4.90 Å². The molecule has 0 aromatic rings. The molecule has 7 heteroatoms. The van der Waals surface area contributed by atoms with Crippen molar-refractivity contribution >= 4 is 11.8 Å². The fraction of sp³-hybridized carbons (Fsp3) is 0.714. The zero-order valence-electron chi connectivity index (χ0n) is 12.3. The first-order chi connectivity index (χ1) is 10.0. The summed E-state index contributed by atoms with van der Waals surface area (Å²) in [5.74, 6) is -0.0510. The fourth-order valence-corrected chi connectivity index (χ4v) is 2.62. The highest BCUT2D eigenvalue weighted by Crippen LogP contribution is 2.19. The number of carbonyl (C=O) groups excluding carboxylic acids is 2. The third kappa shape index (κ3) is 4.03. The van der Waals surface area contributed by atoms with Crippen molar-refractivity contribution in [1.82, 2.24) is 15.1 Å². The molecule has 2 amide bonds. The Balaban J connectivity index is 1.76. The van der Waals surface area contributed by atoms with Gasteiger partial charge in [0.25, 0.3) is 0 Å². The molecule has 7 nitrogen and oxygen atoms in total. The molecule has 1 atom stereocenters. The summed E-state index contributed by atoms with van der Waals surface area (Å²) in [4.78, 5) is 27.9. The number of carbonyl (C=O) groups is 2. The number of hydrogen-bond acceptors (Lipinski definition) is 5. The smallest absolute Gasteiger partial charge is 0.245 e. The van der Waals surface area contributed by atoms with Crippen molar-refractivity contribution in [3.63, 3.8) is 0 Å². The summed E-state index contributed by atoms with van der Waals surface area (Å²) >= 11 is 0. The molecule has 1 unspecified atom stereocenters. The number of hydrogen-bond donors (Lipinski definition) is 2. The van der Waals surface area contributed by atoms with Gasteiger partial charge in [0.1, 0.15) is 5.54 Å². The molecule has 2 aliphatic rings. The zero-order chi connectivity index (χ0) is 15.3. The van der Waals surface area contributed by atoms with E-state index in [-0.39, 0.29) is 11.8 Å². The van der Waals surface area contributed by atoms with E-state index in [9.17, 15) is 9.59 Å². The Labute approximate surface area is 125 Å². The van der Waals surface area contributed by atoms with Crippen molar-refractivity contribution in [3.05, 3.63) is 12.7 Å². The third-order valence-corrected chi connectivity index (χ3v) is 3.95. The van der Waals surface area contributed by atoms with Crippen LogP contribution in [0.15, 0.2) is 12.7 Å². The average Bonchev–Trinajstić information content (AvgIpc) is 2.93. The van der Waals surface area contributed by atoms with Gasteiger partial charge < -0.3 is 20.7 Å². The Bertz CT molecular complexity index is 399. The molecule has 2 saturated heterocycles. The first kappa shape index (κ1) is 15.9. The van der Waals surface area contributed by atoms with Gasteiger partial charge in [-0.15, -0.1) is 6.58 Å². The van der Waals surface area contributed by atoms with Crippen LogP contribution in [0.4, 0.5) is 0 Å². The quantitative estimate of drug-likeness (QED) is 0.606. The zero-order valence-corrected chi connectivity index (χ0v) is 12.3. The lowest BCUT2D eigenvalue weighted by Gasteiger charge is -2.37. The number of rotatable bonds is 5. The van der Waals surface area contributed by atoms with Crippen LogP contribution in [0.2, 0.25) is 0 Å². The van der Waals surface area contributed by atoms with Gasteiger partial charge in [-0.3, -0.25) is 14.5 Å². The second kappa shape index (κ2) is 7.02. The van der Waals surface area contributed by atoms with Gasteiger partial charge >= 0.3 is 0 Å². The lowest BCUT2D eigenvalue weighted by Crippen LogP contribution is -2.60. The maximum atomic E-state index is 12.4. The van der Waals surface area contributed by atoms with Crippen LogP contribution in [-0.4, -0.2) is 79.6 Å². The van der Waals surface area contributed by atoms with Crippen LogP contribution in [-0.2, 0) is 14.3 Å². The topological polar surface area (TPSA) is 87.9 Å². The summed E-state index contributed by atoms with van der Waals surface area (Å²) in [6, 6.07) is 0. The summed E-state index contributed by atoms with van der Waals surface area (Å²) in [6.07, 6.45) is 2.23.